The van der Waals surface area contributed by atoms with Crippen LogP contribution in [0.4, 0.5) is 0 Å². The van der Waals surface area contributed by atoms with Crippen molar-refractivity contribution in [2.45, 2.75) is 142 Å². The molecule has 254 valence electrons. The summed E-state index contributed by atoms with van der Waals surface area (Å²) in [6.07, 6.45) is 3.11. The molecule has 5 rings (SSSR count). The fourth-order valence-corrected chi connectivity index (χ4v) is 11.1. The molecule has 3 saturated carbocycles. The second-order valence-electron chi connectivity index (χ2n) is 15.7. The van der Waals surface area contributed by atoms with Gasteiger partial charge in [0.05, 0.1) is 18.8 Å². The highest BCUT2D eigenvalue weighted by molar-refractivity contribution is 7.47. The molecule has 4 aliphatic carbocycles. The van der Waals surface area contributed by atoms with Gasteiger partial charge in [-0.05, 0) is 91.3 Å². The second kappa shape index (κ2) is 13.3. The molecular formula is C33H57O10P. The molecule has 44 heavy (non-hydrogen) atoms. The van der Waals surface area contributed by atoms with Crippen LogP contribution in [0.15, 0.2) is 11.6 Å². The van der Waals surface area contributed by atoms with Crippen molar-refractivity contribution >= 4 is 7.82 Å². The second-order valence-corrected chi connectivity index (χ2v) is 17.1. The Morgan fingerprint density at radius 2 is 1.68 bits per heavy atom. The van der Waals surface area contributed by atoms with E-state index in [2.05, 4.69) is 34.6 Å². The molecule has 5 aliphatic rings. The average molecular weight is 645 g/mol. The van der Waals surface area contributed by atoms with Gasteiger partial charge in [0.15, 0.2) is 6.29 Å². The first-order valence-electron chi connectivity index (χ1n) is 17.0. The maximum absolute atomic E-state index is 12.9. The Bertz CT molecular complexity index is 1080. The molecule has 0 aromatic rings. The van der Waals surface area contributed by atoms with Gasteiger partial charge in [-0.15, -0.1) is 0 Å². The van der Waals surface area contributed by atoms with Crippen LogP contribution in [0.5, 0.6) is 0 Å². The molecule has 1 aliphatic heterocycles. The van der Waals surface area contributed by atoms with E-state index in [9.17, 15) is 35.0 Å². The molecule has 0 spiro atoms. The third kappa shape index (κ3) is 6.65. The molecule has 1 heterocycles. The van der Waals surface area contributed by atoms with Crippen molar-refractivity contribution in [2.75, 3.05) is 6.61 Å². The quantitative estimate of drug-likeness (QED) is 0.149. The maximum atomic E-state index is 12.9. The van der Waals surface area contributed by atoms with Crippen LogP contribution in [0, 0.1) is 46.3 Å². The fourth-order valence-electron chi connectivity index (χ4n) is 10.2. The lowest BCUT2D eigenvalue weighted by Gasteiger charge is -2.59. The predicted molar refractivity (Wildman–Crippen MR) is 164 cm³/mol. The predicted octanol–water partition coefficient (Wildman–Crippen LogP) is 4.30. The van der Waals surface area contributed by atoms with Gasteiger partial charge in [-0.3, -0.25) is 9.05 Å². The van der Waals surface area contributed by atoms with Crippen molar-refractivity contribution < 1.29 is 48.8 Å². The van der Waals surface area contributed by atoms with E-state index in [1.54, 1.807) is 0 Å². The van der Waals surface area contributed by atoms with Crippen LogP contribution in [0.2, 0.25) is 0 Å². The molecule has 15 atom stereocenters. The van der Waals surface area contributed by atoms with Gasteiger partial charge >= 0.3 is 7.82 Å². The molecule has 0 bridgehead atoms. The van der Waals surface area contributed by atoms with Crippen molar-refractivity contribution in [1.29, 1.82) is 0 Å². The van der Waals surface area contributed by atoms with Crippen LogP contribution >= 0.6 is 7.82 Å². The number of rotatable bonds is 10. The van der Waals surface area contributed by atoms with E-state index in [1.165, 1.54) is 38.5 Å². The molecule has 4 fully saturated rings. The zero-order valence-electron chi connectivity index (χ0n) is 27.1. The lowest BCUT2D eigenvalue weighted by molar-refractivity contribution is -0.285. The molecule has 11 heteroatoms. The third-order valence-corrected chi connectivity index (χ3v) is 13.7. The topological polar surface area (TPSA) is 166 Å². The standard InChI is InChI=1S/C33H57O10P/c1-18(2)7-6-8-19(3)22-9-10-23-27-24(12-14-33(22,23)5)32(4)13-11-21(15-20(32)16-25(27)34)43-44(39,40)41-17-26-28(35)29(36)30(37)31(38)42-26/h16,18-19,21-31,34-38H,6-15,17H2,1-5H3,(H,39,40)/t19-,21+,22-,23+,24+,25+,26-,27+,28+,29+,30-,31+,32+,33-/m1/s1. The molecule has 0 amide bonds. The number of aliphatic hydroxyl groups excluding tert-OH is 5. The van der Waals surface area contributed by atoms with Crippen molar-refractivity contribution in [1.82, 2.24) is 0 Å². The van der Waals surface area contributed by atoms with E-state index >= 15 is 0 Å². The maximum Gasteiger partial charge on any atom is 0.472 e. The van der Waals surface area contributed by atoms with Crippen molar-refractivity contribution in [2.24, 2.45) is 46.3 Å². The van der Waals surface area contributed by atoms with E-state index in [-0.39, 0.29) is 16.7 Å². The van der Waals surface area contributed by atoms with E-state index < -0.39 is 57.3 Å². The van der Waals surface area contributed by atoms with Gasteiger partial charge in [-0.25, -0.2) is 4.57 Å². The Morgan fingerprint density at radius 1 is 0.955 bits per heavy atom. The summed E-state index contributed by atoms with van der Waals surface area (Å²) in [6, 6.07) is 0. The SMILES string of the molecule is CC(C)CCC[C@@H](C)[C@H]1CC[C@H]2[C@@H]3[C@@H](O)C=C4C[C@@H](OP(=O)(O)OC[C@H]5O[C@H](O)[C@H](O)[C@@H](O)[C@H]5O)CC[C@]4(C)[C@H]3CC[C@]12C. The van der Waals surface area contributed by atoms with E-state index in [1.807, 2.05) is 6.08 Å². The van der Waals surface area contributed by atoms with Crippen LogP contribution < -0.4 is 0 Å². The van der Waals surface area contributed by atoms with Crippen LogP contribution in [0.1, 0.15) is 98.8 Å². The molecule has 10 nitrogen and oxygen atoms in total. The first-order chi connectivity index (χ1) is 20.6. The Morgan fingerprint density at radius 3 is 2.39 bits per heavy atom. The number of phosphoric ester groups is 1. The first kappa shape index (κ1) is 34.9. The van der Waals surface area contributed by atoms with Crippen LogP contribution in [0.3, 0.4) is 0 Å². The van der Waals surface area contributed by atoms with Gasteiger partial charge in [0, 0.05) is 0 Å². The minimum absolute atomic E-state index is 0.0977. The molecule has 1 unspecified atom stereocenters. The zero-order valence-corrected chi connectivity index (χ0v) is 28.0. The normalized spacial score (nSPS) is 47.7. The number of phosphoric acid groups is 1. The van der Waals surface area contributed by atoms with Crippen LogP contribution in [-0.2, 0) is 18.3 Å². The summed E-state index contributed by atoms with van der Waals surface area (Å²) in [5.41, 5.74) is 1.25. The summed E-state index contributed by atoms with van der Waals surface area (Å²) in [5.74, 6) is 3.23. The van der Waals surface area contributed by atoms with Gasteiger partial charge < -0.3 is 35.2 Å². The summed E-state index contributed by atoms with van der Waals surface area (Å²) in [5, 5.41) is 51.0. The number of fused-ring (bicyclic) bond motifs is 5. The average Bonchev–Trinajstić information content (AvgIpc) is 3.30. The van der Waals surface area contributed by atoms with Gasteiger partial charge in [-0.1, -0.05) is 65.5 Å². The van der Waals surface area contributed by atoms with Gasteiger partial charge in [0.2, 0.25) is 0 Å². The van der Waals surface area contributed by atoms with Crippen molar-refractivity contribution in [3.05, 3.63) is 11.6 Å². The fraction of sp³-hybridized carbons (Fsp3) is 0.939. The minimum Gasteiger partial charge on any atom is -0.389 e. The number of ether oxygens (including phenoxy) is 1. The smallest absolute Gasteiger partial charge is 0.389 e. The highest BCUT2D eigenvalue weighted by Crippen LogP contribution is 2.67. The highest BCUT2D eigenvalue weighted by atomic mass is 31.2. The molecule has 1 saturated heterocycles. The Balaban J connectivity index is 1.22. The summed E-state index contributed by atoms with van der Waals surface area (Å²) in [6.45, 7) is 11.2. The van der Waals surface area contributed by atoms with Crippen LogP contribution in [-0.4, -0.2) is 79.9 Å². The number of hydrogen-bond acceptors (Lipinski definition) is 9. The van der Waals surface area contributed by atoms with Crippen molar-refractivity contribution in [3.8, 4) is 0 Å². The molecule has 6 N–H and O–H groups in total. The largest absolute Gasteiger partial charge is 0.472 e. The Kier molecular flexibility index (Phi) is 10.5. The van der Waals surface area contributed by atoms with E-state index in [4.69, 9.17) is 13.8 Å². The molecule has 0 aromatic heterocycles. The number of aliphatic hydroxyl groups is 5. The Hall–Kier alpha value is -0.390. The zero-order chi connectivity index (χ0) is 32.2. The summed E-state index contributed by atoms with van der Waals surface area (Å²) in [7, 11) is -4.58. The highest BCUT2D eigenvalue weighted by Gasteiger charge is 2.61. The Labute approximate surface area is 262 Å². The first-order valence-corrected chi connectivity index (χ1v) is 18.5. The van der Waals surface area contributed by atoms with Gasteiger partial charge in [0.25, 0.3) is 0 Å². The molecular weight excluding hydrogens is 587 g/mol. The van der Waals surface area contributed by atoms with Crippen LogP contribution in [0.25, 0.3) is 0 Å². The monoisotopic (exact) mass is 644 g/mol. The summed E-state index contributed by atoms with van der Waals surface area (Å²) >= 11 is 0. The summed E-state index contributed by atoms with van der Waals surface area (Å²) < 4.78 is 28.6. The van der Waals surface area contributed by atoms with E-state index in [0.717, 1.165) is 24.3 Å². The van der Waals surface area contributed by atoms with Crippen molar-refractivity contribution in [3.63, 3.8) is 0 Å². The third-order valence-electron chi connectivity index (χ3n) is 12.7. The minimum atomic E-state index is -4.58. The van der Waals surface area contributed by atoms with Gasteiger partial charge in [-0.2, -0.15) is 0 Å². The summed E-state index contributed by atoms with van der Waals surface area (Å²) in [4.78, 5) is 10.5. The molecule has 0 radical (unpaired) electrons. The lowest BCUT2D eigenvalue weighted by atomic mass is 9.46. The lowest BCUT2D eigenvalue weighted by Crippen LogP contribution is -2.58. The molecule has 0 aromatic carbocycles. The number of hydrogen-bond donors (Lipinski definition) is 6. The van der Waals surface area contributed by atoms with Gasteiger partial charge in [0.1, 0.15) is 24.4 Å². The van der Waals surface area contributed by atoms with E-state index in [0.29, 0.717) is 36.5 Å².